The van der Waals surface area contributed by atoms with Gasteiger partial charge in [-0.25, -0.2) is 4.98 Å². The maximum atomic E-state index is 11.4. The van der Waals surface area contributed by atoms with Crippen molar-refractivity contribution in [3.05, 3.63) is 57.6 Å². The first-order valence-electron chi connectivity index (χ1n) is 7.70. The number of piperazine rings is 1. The van der Waals surface area contributed by atoms with Gasteiger partial charge in [-0.2, -0.15) is 0 Å². The lowest BCUT2D eigenvalue weighted by Crippen LogP contribution is -2.46. The number of hydrogen-bond donors (Lipinski definition) is 1. The molecule has 1 N–H and O–H groups in total. The number of rotatable bonds is 3. The van der Waals surface area contributed by atoms with E-state index in [1.807, 2.05) is 0 Å². The van der Waals surface area contributed by atoms with Crippen molar-refractivity contribution in [3.63, 3.8) is 0 Å². The molecule has 5 nitrogen and oxygen atoms in total. The summed E-state index contributed by atoms with van der Waals surface area (Å²) in [7, 11) is 0. The van der Waals surface area contributed by atoms with Crippen molar-refractivity contribution in [3.8, 4) is 0 Å². The van der Waals surface area contributed by atoms with Crippen LogP contribution in [-0.4, -0.2) is 41.0 Å². The van der Waals surface area contributed by atoms with Crippen LogP contribution in [0.25, 0.3) is 0 Å². The Morgan fingerprint density at radius 1 is 1.14 bits per heavy atom. The highest BCUT2D eigenvalue weighted by molar-refractivity contribution is 5.37. The second-order valence-electron chi connectivity index (χ2n) is 5.96. The number of aromatic amines is 1. The lowest BCUT2D eigenvalue weighted by molar-refractivity contribution is 0.249. The fraction of sp³-hybridized carbons (Fsp3) is 0.412. The molecule has 0 atom stereocenters. The van der Waals surface area contributed by atoms with Crippen molar-refractivity contribution in [2.75, 3.05) is 31.1 Å². The number of aryl methyl sites for hydroxylation is 2. The molecule has 116 valence electrons. The molecule has 1 aliphatic heterocycles. The molecule has 0 saturated carbocycles. The van der Waals surface area contributed by atoms with Crippen molar-refractivity contribution >= 4 is 5.82 Å². The first-order chi connectivity index (χ1) is 10.6. The second-order valence-corrected chi connectivity index (χ2v) is 5.96. The molecule has 0 bridgehead atoms. The molecule has 2 heterocycles. The molecule has 0 unspecified atom stereocenters. The Balaban J connectivity index is 1.61. The number of nitrogens with zero attached hydrogens (tertiary/aromatic N) is 3. The van der Waals surface area contributed by atoms with E-state index in [4.69, 9.17) is 0 Å². The van der Waals surface area contributed by atoms with Gasteiger partial charge in [0.05, 0.1) is 6.33 Å². The van der Waals surface area contributed by atoms with Gasteiger partial charge in [0.1, 0.15) is 5.82 Å². The number of hydrogen-bond acceptors (Lipinski definition) is 4. The van der Waals surface area contributed by atoms with Crippen molar-refractivity contribution in [2.45, 2.75) is 20.4 Å². The quantitative estimate of drug-likeness (QED) is 0.937. The van der Waals surface area contributed by atoms with Crippen molar-refractivity contribution in [1.29, 1.82) is 0 Å². The first-order valence-corrected chi connectivity index (χ1v) is 7.70. The summed E-state index contributed by atoms with van der Waals surface area (Å²) >= 11 is 0. The summed E-state index contributed by atoms with van der Waals surface area (Å²) in [6, 6.07) is 8.22. The summed E-state index contributed by atoms with van der Waals surface area (Å²) in [6.45, 7) is 9.08. The molecule has 1 fully saturated rings. The average molecular weight is 298 g/mol. The van der Waals surface area contributed by atoms with E-state index in [1.165, 1.54) is 23.0 Å². The summed E-state index contributed by atoms with van der Waals surface area (Å²) in [4.78, 5) is 22.8. The first kappa shape index (κ1) is 14.8. The molecule has 0 amide bonds. The molecular formula is C17H22N4O. The topological polar surface area (TPSA) is 52.2 Å². The normalized spacial score (nSPS) is 16.0. The lowest BCUT2D eigenvalue weighted by atomic mass is 10.1. The van der Waals surface area contributed by atoms with Gasteiger partial charge in [-0.05, 0) is 25.0 Å². The van der Waals surface area contributed by atoms with Gasteiger partial charge in [-0.3, -0.25) is 9.69 Å². The minimum Gasteiger partial charge on any atom is -0.354 e. The van der Waals surface area contributed by atoms with Crippen LogP contribution in [0, 0.1) is 13.8 Å². The van der Waals surface area contributed by atoms with E-state index in [1.54, 1.807) is 6.07 Å². The molecule has 1 aromatic carbocycles. The number of aromatic nitrogens is 2. The van der Waals surface area contributed by atoms with Gasteiger partial charge in [0, 0.05) is 38.8 Å². The van der Waals surface area contributed by atoms with Gasteiger partial charge < -0.3 is 9.88 Å². The SMILES string of the molecule is Cc1ccc(CN2CCN(c3cc(=O)[nH]cn3)CC2)c(C)c1. The third-order valence-corrected chi connectivity index (χ3v) is 4.25. The highest BCUT2D eigenvalue weighted by Gasteiger charge is 2.18. The second kappa shape index (κ2) is 6.32. The smallest absolute Gasteiger partial charge is 0.252 e. The maximum absolute atomic E-state index is 11.4. The fourth-order valence-corrected chi connectivity index (χ4v) is 2.93. The van der Waals surface area contributed by atoms with E-state index in [0.29, 0.717) is 0 Å². The van der Waals surface area contributed by atoms with Crippen LogP contribution in [0.3, 0.4) is 0 Å². The van der Waals surface area contributed by atoms with Gasteiger partial charge in [-0.15, -0.1) is 0 Å². The fourth-order valence-electron chi connectivity index (χ4n) is 2.93. The summed E-state index contributed by atoms with van der Waals surface area (Å²) in [5.41, 5.74) is 3.97. The van der Waals surface area contributed by atoms with Gasteiger partial charge in [-0.1, -0.05) is 23.8 Å². The third kappa shape index (κ3) is 3.36. The maximum Gasteiger partial charge on any atom is 0.252 e. The minimum absolute atomic E-state index is 0.0947. The van der Waals surface area contributed by atoms with Crippen LogP contribution in [-0.2, 0) is 6.54 Å². The Hall–Kier alpha value is -2.14. The Kier molecular flexibility index (Phi) is 4.24. The largest absolute Gasteiger partial charge is 0.354 e. The number of H-pyrrole nitrogens is 1. The van der Waals surface area contributed by atoms with Crippen molar-refractivity contribution in [1.82, 2.24) is 14.9 Å². The van der Waals surface area contributed by atoms with Gasteiger partial charge in [0.15, 0.2) is 0 Å². The van der Waals surface area contributed by atoms with Crippen molar-refractivity contribution < 1.29 is 0 Å². The number of benzene rings is 1. The van der Waals surface area contributed by atoms with E-state index in [0.717, 1.165) is 38.5 Å². The number of nitrogens with one attached hydrogen (secondary N) is 1. The van der Waals surface area contributed by atoms with E-state index in [-0.39, 0.29) is 5.56 Å². The molecule has 2 aromatic rings. The highest BCUT2D eigenvalue weighted by Crippen LogP contribution is 2.16. The molecule has 1 saturated heterocycles. The Morgan fingerprint density at radius 3 is 2.59 bits per heavy atom. The van der Waals surface area contributed by atoms with Crippen LogP contribution in [0.5, 0.6) is 0 Å². The highest BCUT2D eigenvalue weighted by atomic mass is 16.1. The standard InChI is InChI=1S/C17H22N4O/c1-13-3-4-15(14(2)9-13)11-20-5-7-21(8-6-20)16-10-17(22)19-12-18-16/h3-4,9-10,12H,5-8,11H2,1-2H3,(H,18,19,22). The summed E-state index contributed by atoms with van der Waals surface area (Å²) in [5, 5.41) is 0. The Morgan fingerprint density at radius 2 is 1.91 bits per heavy atom. The number of anilines is 1. The molecule has 1 aliphatic rings. The van der Waals surface area contributed by atoms with Crippen molar-refractivity contribution in [2.24, 2.45) is 0 Å². The van der Waals surface area contributed by atoms with Gasteiger partial charge >= 0.3 is 0 Å². The molecule has 0 aliphatic carbocycles. The van der Waals surface area contributed by atoms with E-state index in [9.17, 15) is 4.79 Å². The zero-order valence-corrected chi connectivity index (χ0v) is 13.2. The zero-order valence-electron chi connectivity index (χ0n) is 13.2. The van der Waals surface area contributed by atoms with Gasteiger partial charge in [0.2, 0.25) is 0 Å². The van der Waals surface area contributed by atoms with Gasteiger partial charge in [0.25, 0.3) is 5.56 Å². The molecule has 3 rings (SSSR count). The molecular weight excluding hydrogens is 276 g/mol. The molecule has 5 heteroatoms. The van der Waals surface area contributed by atoms with Crippen LogP contribution >= 0.6 is 0 Å². The Labute approximate surface area is 130 Å². The monoisotopic (exact) mass is 298 g/mol. The van der Waals surface area contributed by atoms with Crippen LogP contribution in [0.15, 0.2) is 35.4 Å². The van der Waals surface area contributed by atoms with E-state index < -0.39 is 0 Å². The predicted molar refractivity (Wildman–Crippen MR) is 88.3 cm³/mol. The molecule has 0 spiro atoms. The van der Waals surface area contributed by atoms with Crippen LogP contribution in [0.1, 0.15) is 16.7 Å². The summed E-state index contributed by atoms with van der Waals surface area (Å²) in [6.07, 6.45) is 1.47. The van der Waals surface area contributed by atoms with Crippen LogP contribution in [0.2, 0.25) is 0 Å². The predicted octanol–water partition coefficient (Wildman–Crippen LogP) is 1.71. The van der Waals surface area contributed by atoms with Crippen LogP contribution in [0.4, 0.5) is 5.82 Å². The lowest BCUT2D eigenvalue weighted by Gasteiger charge is -2.35. The zero-order chi connectivity index (χ0) is 15.5. The Bertz CT molecular complexity index is 702. The van der Waals surface area contributed by atoms with Crippen LogP contribution < -0.4 is 10.5 Å². The molecule has 1 aromatic heterocycles. The summed E-state index contributed by atoms with van der Waals surface area (Å²) < 4.78 is 0. The van der Waals surface area contributed by atoms with E-state index in [2.05, 4.69) is 51.8 Å². The molecule has 22 heavy (non-hydrogen) atoms. The molecule has 0 radical (unpaired) electrons. The average Bonchev–Trinajstić information content (AvgIpc) is 2.51. The minimum atomic E-state index is -0.0947. The summed E-state index contributed by atoms with van der Waals surface area (Å²) in [5.74, 6) is 0.773. The van der Waals surface area contributed by atoms with E-state index >= 15 is 0 Å². The third-order valence-electron chi connectivity index (χ3n) is 4.25.